The van der Waals surface area contributed by atoms with Crippen LogP contribution in [0.3, 0.4) is 0 Å². The van der Waals surface area contributed by atoms with Gasteiger partial charge in [0, 0.05) is 12.4 Å². The average Bonchev–Trinajstić information content (AvgIpc) is 2.90. The number of imidazole rings is 1. The molecule has 1 aromatic heterocycles. The molecule has 0 saturated heterocycles. The first-order valence-electron chi connectivity index (χ1n) is 5.71. The van der Waals surface area contributed by atoms with E-state index in [9.17, 15) is 5.11 Å². The van der Waals surface area contributed by atoms with E-state index in [1.165, 1.54) is 0 Å². The number of rotatable bonds is 2. The van der Waals surface area contributed by atoms with Crippen molar-refractivity contribution < 1.29 is 32.1 Å². The smallest absolute Gasteiger partial charge is 0.511 e. The summed E-state index contributed by atoms with van der Waals surface area (Å²) in [6.45, 7) is 0. The molecule has 98 valence electrons. The van der Waals surface area contributed by atoms with Crippen LogP contribution in [0.25, 0.3) is 11.4 Å². The predicted molar refractivity (Wildman–Crippen MR) is 67.8 cm³/mol. The summed E-state index contributed by atoms with van der Waals surface area (Å²) in [5.41, 5.74) is 1.75. The van der Waals surface area contributed by atoms with Gasteiger partial charge in [0.05, 0.1) is 5.69 Å². The van der Waals surface area contributed by atoms with Crippen LogP contribution in [-0.2, 0) is 22.4 Å². The van der Waals surface area contributed by atoms with E-state index in [4.69, 9.17) is 0 Å². The minimum Gasteiger partial charge on any atom is -0.511 e. The molecular formula is C15H12AgN2O+. The molecule has 0 fully saturated rings. The zero-order chi connectivity index (χ0) is 12.4. The van der Waals surface area contributed by atoms with Gasteiger partial charge in [0.2, 0.25) is 0 Å². The van der Waals surface area contributed by atoms with Crippen LogP contribution in [0.2, 0.25) is 0 Å². The van der Waals surface area contributed by atoms with Crippen molar-refractivity contribution in [3.8, 4) is 17.1 Å². The van der Waals surface area contributed by atoms with Gasteiger partial charge in [-0.25, -0.2) is 0 Å². The fourth-order valence-corrected chi connectivity index (χ4v) is 1.85. The van der Waals surface area contributed by atoms with Gasteiger partial charge in [0.15, 0.2) is 0 Å². The Morgan fingerprint density at radius 1 is 0.947 bits per heavy atom. The third kappa shape index (κ3) is 2.79. The second-order valence-corrected chi connectivity index (χ2v) is 3.96. The molecule has 0 aliphatic rings. The Kier molecular flexibility index (Phi) is 4.22. The summed E-state index contributed by atoms with van der Waals surface area (Å²) in [5, 5.41) is 9.79. The van der Waals surface area contributed by atoms with Gasteiger partial charge in [0.1, 0.15) is 11.4 Å². The van der Waals surface area contributed by atoms with Gasteiger partial charge in [-0.05, 0) is 24.3 Å². The molecule has 3 nitrogen and oxygen atoms in total. The van der Waals surface area contributed by atoms with E-state index in [0.717, 1.165) is 5.69 Å². The molecule has 0 atom stereocenters. The Morgan fingerprint density at radius 3 is 2.37 bits per heavy atom. The molecule has 3 rings (SSSR count). The fraction of sp³-hybridized carbons (Fsp3) is 0. The van der Waals surface area contributed by atoms with Crippen molar-refractivity contribution in [1.29, 1.82) is 0 Å². The minimum absolute atomic E-state index is 0. The van der Waals surface area contributed by atoms with E-state index in [1.54, 1.807) is 16.7 Å². The number of benzene rings is 2. The van der Waals surface area contributed by atoms with Crippen molar-refractivity contribution in [3.63, 3.8) is 0 Å². The molecule has 0 spiro atoms. The van der Waals surface area contributed by atoms with Gasteiger partial charge in [0.25, 0.3) is 6.33 Å². The zero-order valence-electron chi connectivity index (χ0n) is 9.99. The molecule has 4 heteroatoms. The van der Waals surface area contributed by atoms with Gasteiger partial charge >= 0.3 is 22.4 Å². The molecule has 0 radical (unpaired) electrons. The van der Waals surface area contributed by atoms with E-state index in [0.29, 0.717) is 5.69 Å². The van der Waals surface area contributed by atoms with Crippen LogP contribution < -0.4 is 4.57 Å². The number of phenolic OH excluding ortho intramolecular Hbond substituents is 1. The van der Waals surface area contributed by atoms with Crippen LogP contribution in [0.1, 0.15) is 0 Å². The van der Waals surface area contributed by atoms with Crippen LogP contribution in [0, 0.1) is 6.33 Å². The molecular weight excluding hydrogens is 332 g/mol. The SMILES string of the molecule is Oc1ccccc1-n1[c-][n+](-c2ccccc2)cc1.[Ag+]. The van der Waals surface area contributed by atoms with Gasteiger partial charge < -0.3 is 5.11 Å². The van der Waals surface area contributed by atoms with E-state index >= 15 is 0 Å². The number of hydrogen-bond donors (Lipinski definition) is 1. The summed E-state index contributed by atoms with van der Waals surface area (Å²) < 4.78 is 3.65. The molecule has 3 aromatic rings. The van der Waals surface area contributed by atoms with Gasteiger partial charge in [-0.3, -0.25) is 9.13 Å². The summed E-state index contributed by atoms with van der Waals surface area (Å²) in [6.07, 6.45) is 6.93. The molecule has 0 bridgehead atoms. The van der Waals surface area contributed by atoms with Crippen LogP contribution in [0.5, 0.6) is 5.75 Å². The van der Waals surface area contributed by atoms with Crippen LogP contribution >= 0.6 is 0 Å². The molecule has 1 N–H and O–H groups in total. The number of para-hydroxylation sites is 3. The summed E-state index contributed by atoms with van der Waals surface area (Å²) in [4.78, 5) is 0. The molecule has 0 amide bonds. The van der Waals surface area contributed by atoms with Gasteiger partial charge in [-0.1, -0.05) is 30.3 Å². The molecule has 19 heavy (non-hydrogen) atoms. The van der Waals surface area contributed by atoms with E-state index in [-0.39, 0.29) is 28.1 Å². The Morgan fingerprint density at radius 2 is 1.63 bits per heavy atom. The number of nitrogens with zero attached hydrogens (tertiary/aromatic N) is 2. The Bertz CT molecular complexity index is 665. The average molecular weight is 344 g/mol. The largest absolute Gasteiger partial charge is 1.00 e. The predicted octanol–water partition coefficient (Wildman–Crippen LogP) is 2.26. The van der Waals surface area contributed by atoms with Crippen LogP contribution in [-0.4, -0.2) is 9.67 Å². The van der Waals surface area contributed by atoms with Crippen molar-refractivity contribution >= 4 is 0 Å². The number of hydrogen-bond acceptors (Lipinski definition) is 1. The van der Waals surface area contributed by atoms with Crippen molar-refractivity contribution in [2.24, 2.45) is 0 Å². The third-order valence-corrected chi connectivity index (χ3v) is 2.76. The van der Waals surface area contributed by atoms with E-state index < -0.39 is 0 Å². The standard InChI is InChI=1S/C15H12N2O.Ag/c18-15-9-5-4-8-14(15)17-11-10-16(12-17)13-6-2-1-3-7-13;/h1-11,18H;/q;+1. The van der Waals surface area contributed by atoms with E-state index in [2.05, 4.69) is 6.33 Å². The summed E-state index contributed by atoms with van der Waals surface area (Å²) >= 11 is 0. The maximum Gasteiger partial charge on any atom is 1.00 e. The van der Waals surface area contributed by atoms with Crippen molar-refractivity contribution in [1.82, 2.24) is 4.57 Å². The Hall–Kier alpha value is -1.81. The molecule has 0 saturated carbocycles. The maximum atomic E-state index is 9.79. The number of aromatic hydroxyl groups is 1. The molecule has 2 aromatic carbocycles. The third-order valence-electron chi connectivity index (χ3n) is 2.76. The first-order chi connectivity index (χ1) is 8.84. The van der Waals surface area contributed by atoms with Gasteiger partial charge in [-0.15, -0.1) is 0 Å². The molecule has 0 aliphatic heterocycles. The van der Waals surface area contributed by atoms with Crippen molar-refractivity contribution in [2.45, 2.75) is 0 Å². The summed E-state index contributed by atoms with van der Waals surface area (Å²) in [7, 11) is 0. The van der Waals surface area contributed by atoms with E-state index in [1.807, 2.05) is 59.4 Å². The van der Waals surface area contributed by atoms with Crippen LogP contribution in [0.4, 0.5) is 0 Å². The van der Waals surface area contributed by atoms with Gasteiger partial charge in [-0.2, -0.15) is 0 Å². The first-order valence-corrected chi connectivity index (χ1v) is 5.71. The molecule has 0 unspecified atom stereocenters. The second-order valence-electron chi connectivity index (χ2n) is 3.96. The zero-order valence-corrected chi connectivity index (χ0v) is 11.5. The number of phenols is 1. The number of aromatic nitrogens is 2. The quantitative estimate of drug-likeness (QED) is 0.431. The second kappa shape index (κ2) is 5.89. The Balaban J connectivity index is 0.00000133. The summed E-state index contributed by atoms with van der Waals surface area (Å²) in [5.74, 6) is 0.240. The fourth-order valence-electron chi connectivity index (χ4n) is 1.85. The maximum absolute atomic E-state index is 9.79. The topological polar surface area (TPSA) is 29.0 Å². The molecule has 1 heterocycles. The Labute approximate surface area is 127 Å². The molecule has 0 aliphatic carbocycles. The van der Waals surface area contributed by atoms with Crippen molar-refractivity contribution in [2.75, 3.05) is 0 Å². The minimum atomic E-state index is 0. The van der Waals surface area contributed by atoms with Crippen molar-refractivity contribution in [3.05, 3.63) is 73.3 Å². The summed E-state index contributed by atoms with van der Waals surface area (Å²) in [6, 6.07) is 17.1. The normalized spacial score (nSPS) is 9.89. The monoisotopic (exact) mass is 343 g/mol. The first kappa shape index (κ1) is 13.6. The van der Waals surface area contributed by atoms with Crippen LogP contribution in [0.15, 0.2) is 67.0 Å².